The normalized spacial score (nSPS) is 18.8. The number of carbonyl (C=O) groups is 1. The molecular weight excluding hydrogens is 404 g/mol. The van der Waals surface area contributed by atoms with Gasteiger partial charge in [-0.15, -0.1) is 0 Å². The molecule has 4 aromatic rings. The van der Waals surface area contributed by atoms with Crippen LogP contribution < -0.4 is 5.56 Å². The van der Waals surface area contributed by atoms with Crippen LogP contribution in [0.3, 0.4) is 0 Å². The zero-order valence-corrected chi connectivity index (χ0v) is 16.6. The SMILES string of the molecule is O=C(O)[C@H]1CC[C@@H](c2nc3ccc(Cl)cc3c3nc(=O)c(-c4ccccc4)nn23)C1. The highest BCUT2D eigenvalue weighted by atomic mass is 35.5. The van der Waals surface area contributed by atoms with Crippen LogP contribution in [0.4, 0.5) is 0 Å². The van der Waals surface area contributed by atoms with Crippen molar-refractivity contribution in [3.05, 3.63) is 69.7 Å². The molecule has 2 aromatic heterocycles. The Labute approximate surface area is 176 Å². The van der Waals surface area contributed by atoms with Gasteiger partial charge in [-0.25, -0.2) is 4.98 Å². The summed E-state index contributed by atoms with van der Waals surface area (Å²) in [5, 5.41) is 15.2. The number of fused-ring (bicyclic) bond motifs is 3. The molecule has 7 nitrogen and oxygen atoms in total. The van der Waals surface area contributed by atoms with E-state index in [4.69, 9.17) is 16.6 Å². The maximum atomic E-state index is 12.8. The third-order valence-electron chi connectivity index (χ3n) is 5.66. The van der Waals surface area contributed by atoms with E-state index in [2.05, 4.69) is 10.1 Å². The first-order valence-corrected chi connectivity index (χ1v) is 10.1. The van der Waals surface area contributed by atoms with Crippen molar-refractivity contribution in [3.8, 4) is 11.3 Å². The lowest BCUT2D eigenvalue weighted by Gasteiger charge is -2.15. The molecule has 0 bridgehead atoms. The number of benzene rings is 2. The van der Waals surface area contributed by atoms with Crippen LogP contribution >= 0.6 is 11.6 Å². The number of carboxylic acids is 1. The van der Waals surface area contributed by atoms with Gasteiger partial charge in [0.05, 0.1) is 11.4 Å². The molecule has 8 heteroatoms. The summed E-state index contributed by atoms with van der Waals surface area (Å²) < 4.78 is 1.59. The fourth-order valence-corrected chi connectivity index (χ4v) is 4.33. The fourth-order valence-electron chi connectivity index (χ4n) is 4.16. The Bertz CT molecular complexity index is 1350. The average molecular weight is 421 g/mol. The lowest BCUT2D eigenvalue weighted by molar-refractivity contribution is -0.141. The van der Waals surface area contributed by atoms with Gasteiger partial charge in [-0.1, -0.05) is 41.9 Å². The Hall–Kier alpha value is -3.32. The monoisotopic (exact) mass is 420 g/mol. The summed E-state index contributed by atoms with van der Waals surface area (Å²) >= 11 is 6.18. The number of rotatable bonds is 3. The molecule has 5 rings (SSSR count). The van der Waals surface area contributed by atoms with Crippen molar-refractivity contribution in [2.75, 3.05) is 0 Å². The van der Waals surface area contributed by atoms with Gasteiger partial charge in [-0.2, -0.15) is 14.6 Å². The largest absolute Gasteiger partial charge is 0.481 e. The maximum Gasteiger partial charge on any atom is 0.306 e. The molecule has 1 N–H and O–H groups in total. The van der Waals surface area contributed by atoms with Crippen molar-refractivity contribution in [1.82, 2.24) is 19.6 Å². The van der Waals surface area contributed by atoms with Gasteiger partial charge in [0, 0.05) is 21.9 Å². The lowest BCUT2D eigenvalue weighted by Crippen LogP contribution is -2.20. The smallest absolute Gasteiger partial charge is 0.306 e. The zero-order chi connectivity index (χ0) is 20.8. The molecule has 150 valence electrons. The van der Waals surface area contributed by atoms with E-state index in [1.807, 2.05) is 18.2 Å². The number of aliphatic carboxylic acids is 1. The van der Waals surface area contributed by atoms with Gasteiger partial charge >= 0.3 is 5.97 Å². The Morgan fingerprint density at radius 3 is 2.63 bits per heavy atom. The summed E-state index contributed by atoms with van der Waals surface area (Å²) in [6.07, 6.45) is 1.75. The van der Waals surface area contributed by atoms with Crippen LogP contribution in [0, 0.1) is 5.92 Å². The molecule has 1 fully saturated rings. The number of nitrogens with zero attached hydrogens (tertiary/aromatic N) is 4. The van der Waals surface area contributed by atoms with Crippen molar-refractivity contribution < 1.29 is 9.90 Å². The minimum Gasteiger partial charge on any atom is -0.481 e. The molecule has 1 aliphatic rings. The predicted molar refractivity (Wildman–Crippen MR) is 113 cm³/mol. The summed E-state index contributed by atoms with van der Waals surface area (Å²) in [4.78, 5) is 33.4. The quantitative estimate of drug-likeness (QED) is 0.504. The second-order valence-electron chi connectivity index (χ2n) is 7.54. The van der Waals surface area contributed by atoms with Crippen LogP contribution in [0.25, 0.3) is 27.8 Å². The van der Waals surface area contributed by atoms with Gasteiger partial charge in [0.25, 0.3) is 5.56 Å². The molecule has 0 saturated heterocycles. The van der Waals surface area contributed by atoms with Crippen LogP contribution in [0.5, 0.6) is 0 Å². The molecule has 0 radical (unpaired) electrons. The Morgan fingerprint density at radius 2 is 1.90 bits per heavy atom. The molecule has 0 aliphatic heterocycles. The van der Waals surface area contributed by atoms with E-state index in [1.54, 1.807) is 34.8 Å². The van der Waals surface area contributed by atoms with Gasteiger partial charge in [0.15, 0.2) is 11.3 Å². The molecule has 2 atom stereocenters. The topological polar surface area (TPSA) is 97.5 Å². The number of hydrogen-bond acceptors (Lipinski definition) is 5. The molecule has 2 aromatic carbocycles. The highest BCUT2D eigenvalue weighted by Gasteiger charge is 2.33. The first-order valence-electron chi connectivity index (χ1n) is 9.70. The number of aromatic nitrogens is 4. The summed E-state index contributed by atoms with van der Waals surface area (Å²) in [6.45, 7) is 0. The number of hydrogen-bond donors (Lipinski definition) is 1. The van der Waals surface area contributed by atoms with Crippen molar-refractivity contribution in [2.45, 2.75) is 25.2 Å². The minimum atomic E-state index is -0.794. The zero-order valence-electron chi connectivity index (χ0n) is 15.8. The summed E-state index contributed by atoms with van der Waals surface area (Å²) in [6, 6.07) is 14.4. The van der Waals surface area contributed by atoms with E-state index in [1.165, 1.54) is 0 Å². The maximum absolute atomic E-state index is 12.8. The number of halogens is 1. The molecule has 2 heterocycles. The molecule has 30 heavy (non-hydrogen) atoms. The molecule has 1 saturated carbocycles. The Balaban J connectivity index is 1.80. The van der Waals surface area contributed by atoms with Gasteiger partial charge < -0.3 is 5.11 Å². The van der Waals surface area contributed by atoms with E-state index >= 15 is 0 Å². The molecule has 1 aliphatic carbocycles. The van der Waals surface area contributed by atoms with E-state index in [-0.39, 0.29) is 11.6 Å². The van der Waals surface area contributed by atoms with Gasteiger partial charge in [0.1, 0.15) is 5.82 Å². The second-order valence-corrected chi connectivity index (χ2v) is 7.98. The van der Waals surface area contributed by atoms with Gasteiger partial charge in [-0.3, -0.25) is 9.59 Å². The van der Waals surface area contributed by atoms with Crippen LogP contribution in [-0.2, 0) is 4.79 Å². The average Bonchev–Trinajstić information content (AvgIpc) is 3.24. The van der Waals surface area contributed by atoms with Crippen molar-refractivity contribution in [3.63, 3.8) is 0 Å². The van der Waals surface area contributed by atoms with E-state index in [9.17, 15) is 14.7 Å². The Morgan fingerprint density at radius 1 is 1.10 bits per heavy atom. The molecule has 0 unspecified atom stereocenters. The van der Waals surface area contributed by atoms with E-state index in [0.717, 1.165) is 0 Å². The van der Waals surface area contributed by atoms with E-state index < -0.39 is 17.4 Å². The summed E-state index contributed by atoms with van der Waals surface area (Å²) in [5.74, 6) is -0.673. The van der Waals surface area contributed by atoms with Gasteiger partial charge in [0.2, 0.25) is 0 Å². The molecule has 0 amide bonds. The fraction of sp³-hybridized carbons (Fsp3) is 0.227. The first-order chi connectivity index (χ1) is 14.5. The van der Waals surface area contributed by atoms with Crippen LogP contribution in [0.15, 0.2) is 53.3 Å². The summed E-state index contributed by atoms with van der Waals surface area (Å²) in [7, 11) is 0. The third-order valence-corrected chi connectivity index (χ3v) is 5.89. The minimum absolute atomic E-state index is 0.0888. The molecule has 0 spiro atoms. The Kier molecular flexibility index (Phi) is 4.47. The molecular formula is C22H17ClN4O3. The second kappa shape index (κ2) is 7.18. The first kappa shape index (κ1) is 18.7. The standard InChI is InChI=1S/C22H17ClN4O3/c23-15-8-9-17-16(11-15)20-25-21(28)18(12-4-2-1-3-5-12)26-27(20)19(24-17)13-6-7-14(10-13)22(29)30/h1-5,8-9,11,13-14H,6-7,10H2,(H,29,30)/t13-,14+/m1/s1. The highest BCUT2D eigenvalue weighted by molar-refractivity contribution is 6.31. The predicted octanol–water partition coefficient (Wildman–Crippen LogP) is 3.93. The lowest BCUT2D eigenvalue weighted by atomic mass is 10.0. The third kappa shape index (κ3) is 3.11. The highest BCUT2D eigenvalue weighted by Crippen LogP contribution is 2.38. The van der Waals surface area contributed by atoms with Crippen LogP contribution in [0.2, 0.25) is 5.02 Å². The van der Waals surface area contributed by atoms with Crippen LogP contribution in [-0.4, -0.2) is 30.7 Å². The van der Waals surface area contributed by atoms with Crippen molar-refractivity contribution in [1.29, 1.82) is 0 Å². The van der Waals surface area contributed by atoms with Crippen molar-refractivity contribution >= 4 is 34.1 Å². The summed E-state index contributed by atoms with van der Waals surface area (Å²) in [5.41, 5.74) is 1.48. The van der Waals surface area contributed by atoms with E-state index in [0.29, 0.717) is 52.2 Å². The number of carboxylic acid groups (broad SMARTS) is 1. The van der Waals surface area contributed by atoms with Crippen LogP contribution in [0.1, 0.15) is 31.0 Å². The van der Waals surface area contributed by atoms with Crippen molar-refractivity contribution in [2.24, 2.45) is 5.92 Å². The van der Waals surface area contributed by atoms with Gasteiger partial charge in [-0.05, 0) is 37.5 Å².